The molecule has 0 spiro atoms. The third kappa shape index (κ3) is 5.41. The van der Waals surface area contributed by atoms with E-state index in [1.165, 1.54) is 36.4 Å². The molecule has 0 aliphatic heterocycles. The minimum atomic E-state index is -4.17. The average molecular weight is 515 g/mol. The van der Waals surface area contributed by atoms with Gasteiger partial charge in [-0.2, -0.15) is 0 Å². The lowest BCUT2D eigenvalue weighted by Gasteiger charge is -2.30. The Hall–Kier alpha value is -5.16. The first-order valence-corrected chi connectivity index (χ1v) is 12.7. The quantitative estimate of drug-likeness (QED) is 0.197. The summed E-state index contributed by atoms with van der Waals surface area (Å²) < 4.78 is 12.0. The molecule has 0 saturated carbocycles. The first kappa shape index (κ1) is 24.9. The van der Waals surface area contributed by atoms with Crippen molar-refractivity contribution in [3.8, 4) is 0 Å². The van der Waals surface area contributed by atoms with Gasteiger partial charge in [-0.25, -0.2) is 9.59 Å². The maximum absolute atomic E-state index is 13.4. The Kier molecular flexibility index (Phi) is 7.16. The Morgan fingerprint density at radius 3 is 1.30 bits per heavy atom. The fourth-order valence-electron chi connectivity index (χ4n) is 3.61. The van der Waals surface area contributed by atoms with Gasteiger partial charge in [-0.3, -0.25) is 20.2 Å². The van der Waals surface area contributed by atoms with E-state index >= 15 is 0 Å². The van der Waals surface area contributed by atoms with E-state index in [-0.39, 0.29) is 22.5 Å². The minimum Gasteiger partial charge on any atom is -0.475 e. The molecule has 0 atom stereocenters. The van der Waals surface area contributed by atoms with E-state index in [0.717, 1.165) is 12.1 Å². The fourth-order valence-corrected chi connectivity index (χ4v) is 6.48. The molecule has 37 heavy (non-hydrogen) atoms. The van der Waals surface area contributed by atoms with Gasteiger partial charge in [0, 0.05) is 34.6 Å². The van der Waals surface area contributed by atoms with Gasteiger partial charge in [0.25, 0.3) is 11.4 Å². The highest BCUT2D eigenvalue weighted by Gasteiger charge is 2.50. The number of non-ortho nitro benzene ring substituents is 2. The molecule has 0 saturated heterocycles. The SMILES string of the molecule is O=C(O[Si](OC(=O)c1cccc([N+](=O)[O-])c1)(c1ccccc1)c1ccccc1)c1cccc([N+](=O)[O-])c1. The number of nitrogens with zero attached hydrogens (tertiary/aromatic N) is 2. The van der Waals surface area contributed by atoms with Crippen molar-refractivity contribution < 1.29 is 28.3 Å². The van der Waals surface area contributed by atoms with Crippen molar-refractivity contribution in [3.05, 3.63) is 141 Å². The van der Waals surface area contributed by atoms with Crippen molar-refractivity contribution in [1.29, 1.82) is 0 Å². The standard InChI is InChI=1S/C26H18N2O8Si/c29-25(19-9-7-11-21(17-19)27(31)32)35-37(23-13-3-1-4-14-23,24-15-5-2-6-16-24)36-26(30)20-10-8-12-22(18-20)28(33)34/h1-18H. The third-order valence-electron chi connectivity index (χ3n) is 5.37. The Balaban J connectivity index is 1.84. The van der Waals surface area contributed by atoms with Crippen LogP contribution < -0.4 is 10.4 Å². The highest BCUT2D eigenvalue weighted by atomic mass is 28.4. The topological polar surface area (TPSA) is 139 Å². The molecule has 0 amide bonds. The van der Waals surface area contributed by atoms with Crippen molar-refractivity contribution in [2.45, 2.75) is 0 Å². The van der Waals surface area contributed by atoms with Gasteiger partial charge in [0.2, 0.25) is 0 Å². The van der Waals surface area contributed by atoms with Gasteiger partial charge in [0.05, 0.1) is 21.0 Å². The monoisotopic (exact) mass is 514 g/mol. The molecule has 184 valence electrons. The summed E-state index contributed by atoms with van der Waals surface area (Å²) in [6.45, 7) is 0. The summed E-state index contributed by atoms with van der Waals surface area (Å²) in [6.07, 6.45) is 0. The van der Waals surface area contributed by atoms with Crippen LogP contribution in [0.15, 0.2) is 109 Å². The molecule has 4 aromatic rings. The largest absolute Gasteiger partial charge is 0.535 e. The highest BCUT2D eigenvalue weighted by molar-refractivity contribution is 6.94. The van der Waals surface area contributed by atoms with Gasteiger partial charge in [-0.15, -0.1) is 0 Å². The predicted octanol–water partition coefficient (Wildman–Crippen LogP) is 3.77. The lowest BCUT2D eigenvalue weighted by molar-refractivity contribution is -0.385. The van der Waals surface area contributed by atoms with Crippen LogP contribution in [0.4, 0.5) is 11.4 Å². The van der Waals surface area contributed by atoms with E-state index in [9.17, 15) is 29.8 Å². The average Bonchev–Trinajstić information content (AvgIpc) is 2.93. The van der Waals surface area contributed by atoms with Gasteiger partial charge in [0.15, 0.2) is 0 Å². The van der Waals surface area contributed by atoms with Crippen LogP contribution in [0.3, 0.4) is 0 Å². The van der Waals surface area contributed by atoms with Gasteiger partial charge < -0.3 is 8.85 Å². The number of nitro benzene ring substituents is 2. The summed E-state index contributed by atoms with van der Waals surface area (Å²) in [4.78, 5) is 47.9. The molecule has 0 unspecified atom stereocenters. The molecule has 10 nitrogen and oxygen atoms in total. The van der Waals surface area contributed by atoms with Crippen LogP contribution in [0.25, 0.3) is 0 Å². The fraction of sp³-hybridized carbons (Fsp3) is 0. The second-order valence-corrected chi connectivity index (χ2v) is 10.5. The second-order valence-electron chi connectivity index (χ2n) is 7.74. The first-order valence-electron chi connectivity index (χ1n) is 10.9. The summed E-state index contributed by atoms with van der Waals surface area (Å²) in [5, 5.41) is 23.3. The number of carbonyl (C=O) groups excluding carboxylic acids is 2. The molecule has 0 aromatic heterocycles. The molecule has 4 rings (SSSR count). The zero-order valence-corrected chi connectivity index (χ0v) is 20.1. The molecule has 0 heterocycles. The van der Waals surface area contributed by atoms with Crippen LogP contribution in [0, 0.1) is 20.2 Å². The molecule has 11 heteroatoms. The smallest absolute Gasteiger partial charge is 0.475 e. The number of carbonyl (C=O) groups is 2. The van der Waals surface area contributed by atoms with Crippen LogP contribution in [0.1, 0.15) is 20.7 Å². The summed E-state index contributed by atoms with van der Waals surface area (Å²) >= 11 is 0. The molecule has 0 N–H and O–H groups in total. The molecule has 0 aliphatic carbocycles. The zero-order chi connectivity index (χ0) is 26.4. The van der Waals surface area contributed by atoms with E-state index in [1.807, 2.05) is 0 Å². The maximum Gasteiger partial charge on any atom is 0.535 e. The van der Waals surface area contributed by atoms with Gasteiger partial charge in [0.1, 0.15) is 0 Å². The number of rotatable bonds is 8. The molecule has 0 aliphatic rings. The summed E-state index contributed by atoms with van der Waals surface area (Å²) in [7, 11) is -4.17. The molecule has 4 aromatic carbocycles. The lowest BCUT2D eigenvalue weighted by Crippen LogP contribution is -2.65. The van der Waals surface area contributed by atoms with Crippen LogP contribution >= 0.6 is 0 Å². The van der Waals surface area contributed by atoms with E-state index in [0.29, 0.717) is 10.4 Å². The van der Waals surface area contributed by atoms with Crippen LogP contribution in [0.2, 0.25) is 0 Å². The molecule has 0 radical (unpaired) electrons. The Labute approximate surface area is 211 Å². The van der Waals surface area contributed by atoms with Crippen molar-refractivity contribution in [1.82, 2.24) is 0 Å². The predicted molar refractivity (Wildman–Crippen MR) is 135 cm³/mol. The molecular weight excluding hydrogens is 496 g/mol. The first-order chi connectivity index (χ1) is 17.8. The Bertz CT molecular complexity index is 1370. The van der Waals surface area contributed by atoms with E-state index < -0.39 is 30.3 Å². The number of nitro groups is 2. The van der Waals surface area contributed by atoms with Crippen LogP contribution in [0.5, 0.6) is 0 Å². The van der Waals surface area contributed by atoms with E-state index in [4.69, 9.17) is 8.85 Å². The van der Waals surface area contributed by atoms with E-state index in [2.05, 4.69) is 0 Å². The number of hydrogen-bond donors (Lipinski definition) is 0. The summed E-state index contributed by atoms with van der Waals surface area (Å²) in [5.41, 5.74) is -0.835. The summed E-state index contributed by atoms with van der Waals surface area (Å²) in [6, 6.07) is 26.8. The molecular formula is C26H18N2O8Si. The van der Waals surface area contributed by atoms with Crippen molar-refractivity contribution in [3.63, 3.8) is 0 Å². The van der Waals surface area contributed by atoms with Crippen molar-refractivity contribution in [2.75, 3.05) is 0 Å². The maximum atomic E-state index is 13.4. The number of hydrogen-bond acceptors (Lipinski definition) is 8. The van der Waals surface area contributed by atoms with Crippen molar-refractivity contribution >= 4 is 42.2 Å². The lowest BCUT2D eigenvalue weighted by atomic mass is 10.2. The Morgan fingerprint density at radius 1 is 0.568 bits per heavy atom. The second kappa shape index (κ2) is 10.6. The van der Waals surface area contributed by atoms with Gasteiger partial charge in [-0.05, 0) is 12.1 Å². The minimum absolute atomic E-state index is 0.107. The van der Waals surface area contributed by atoms with Gasteiger partial charge in [-0.1, -0.05) is 72.8 Å². The molecule has 0 fully saturated rings. The van der Waals surface area contributed by atoms with Gasteiger partial charge >= 0.3 is 20.5 Å². The Morgan fingerprint density at radius 2 is 0.946 bits per heavy atom. The van der Waals surface area contributed by atoms with Crippen LogP contribution in [-0.2, 0) is 8.85 Å². The summed E-state index contributed by atoms with van der Waals surface area (Å²) in [5.74, 6) is -1.87. The van der Waals surface area contributed by atoms with E-state index in [1.54, 1.807) is 60.7 Å². The highest BCUT2D eigenvalue weighted by Crippen LogP contribution is 2.20. The van der Waals surface area contributed by atoms with Crippen LogP contribution in [-0.4, -0.2) is 30.3 Å². The zero-order valence-electron chi connectivity index (χ0n) is 19.1. The third-order valence-corrected chi connectivity index (χ3v) is 8.50. The normalized spacial score (nSPS) is 10.8. The van der Waals surface area contributed by atoms with Crippen molar-refractivity contribution in [2.24, 2.45) is 0 Å². The molecule has 0 bridgehead atoms. The number of benzene rings is 4.